The third-order valence-corrected chi connectivity index (χ3v) is 6.34. The van der Waals surface area contributed by atoms with Gasteiger partial charge in [0.15, 0.2) is 11.6 Å². The van der Waals surface area contributed by atoms with Gasteiger partial charge in [0.25, 0.3) is 0 Å². The van der Waals surface area contributed by atoms with Gasteiger partial charge in [-0.05, 0) is 56.0 Å². The maximum absolute atomic E-state index is 13.6. The maximum Gasteiger partial charge on any atom is 0.223 e. The fourth-order valence-corrected chi connectivity index (χ4v) is 4.55. The number of halogens is 2. The minimum Gasteiger partial charge on any atom is -0.347 e. The highest BCUT2D eigenvalue weighted by Crippen LogP contribution is 2.45. The van der Waals surface area contributed by atoms with Gasteiger partial charge in [0, 0.05) is 37.3 Å². The van der Waals surface area contributed by atoms with Crippen molar-refractivity contribution in [1.29, 1.82) is 10.8 Å². The van der Waals surface area contributed by atoms with E-state index in [2.05, 4.69) is 5.32 Å². The molecule has 3 heterocycles. The normalized spacial score (nSPS) is 24.0. The Morgan fingerprint density at radius 3 is 2.50 bits per heavy atom. The highest BCUT2D eigenvalue weighted by Gasteiger charge is 2.47. The van der Waals surface area contributed by atoms with Crippen LogP contribution in [0.25, 0.3) is 0 Å². The lowest BCUT2D eigenvalue weighted by Crippen LogP contribution is -2.70. The Balaban J connectivity index is 1.26. The zero-order valence-corrected chi connectivity index (χ0v) is 17.0. The lowest BCUT2D eigenvalue weighted by Gasteiger charge is -2.57. The van der Waals surface area contributed by atoms with E-state index >= 15 is 0 Å². The molecule has 4 aliphatic rings. The van der Waals surface area contributed by atoms with Crippen LogP contribution >= 0.6 is 0 Å². The van der Waals surface area contributed by atoms with Crippen LogP contribution in [-0.4, -0.2) is 59.0 Å². The van der Waals surface area contributed by atoms with Gasteiger partial charge in [-0.15, -0.1) is 0 Å². The molecule has 1 saturated carbocycles. The van der Waals surface area contributed by atoms with Gasteiger partial charge < -0.3 is 20.5 Å². The summed E-state index contributed by atoms with van der Waals surface area (Å²) < 4.78 is 26.7. The van der Waals surface area contributed by atoms with E-state index in [0.29, 0.717) is 37.6 Å². The Morgan fingerprint density at radius 1 is 1.20 bits per heavy atom. The third kappa shape index (κ3) is 4.01. The summed E-state index contributed by atoms with van der Waals surface area (Å²) in [6, 6.07) is 4.34. The summed E-state index contributed by atoms with van der Waals surface area (Å²) in [6.07, 6.45) is 6.30. The first-order valence-electron chi connectivity index (χ1n) is 10.4. The van der Waals surface area contributed by atoms with E-state index in [-0.39, 0.29) is 23.5 Å². The molecule has 5 rings (SSSR count). The van der Waals surface area contributed by atoms with E-state index in [1.165, 1.54) is 6.07 Å². The number of fused-ring (bicyclic) bond motifs is 2. The number of allylic oxidation sites excluding steroid dienone is 1. The molecule has 3 N–H and O–H groups in total. The summed E-state index contributed by atoms with van der Waals surface area (Å²) in [4.78, 5) is 16.6. The van der Waals surface area contributed by atoms with Crippen molar-refractivity contribution in [2.45, 2.75) is 50.2 Å². The Bertz CT molecular complexity index is 899. The molecule has 2 atom stereocenters. The van der Waals surface area contributed by atoms with Gasteiger partial charge in [-0.3, -0.25) is 10.2 Å². The van der Waals surface area contributed by atoms with Crippen LogP contribution in [0.15, 0.2) is 30.4 Å². The number of amides is 1. The smallest absolute Gasteiger partial charge is 0.223 e. The summed E-state index contributed by atoms with van der Waals surface area (Å²) in [5, 5.41) is 19.0. The molecule has 30 heavy (non-hydrogen) atoms. The lowest BCUT2D eigenvalue weighted by molar-refractivity contribution is -0.139. The van der Waals surface area contributed by atoms with Crippen LogP contribution < -0.4 is 5.32 Å². The fourth-order valence-electron chi connectivity index (χ4n) is 4.55. The van der Waals surface area contributed by atoms with E-state index < -0.39 is 11.6 Å². The molecule has 1 aromatic carbocycles. The van der Waals surface area contributed by atoms with Gasteiger partial charge in [-0.1, -0.05) is 6.07 Å². The van der Waals surface area contributed by atoms with Crippen LogP contribution in [0.1, 0.15) is 38.2 Å². The Morgan fingerprint density at radius 2 is 1.90 bits per heavy atom. The minimum atomic E-state index is -0.848. The number of hydrogen-bond acceptors (Lipinski definition) is 4. The van der Waals surface area contributed by atoms with Crippen molar-refractivity contribution in [1.82, 2.24) is 15.1 Å². The number of carbonyl (C=O) groups excluding carboxylic acids is 1. The number of hydrogen-bond donors (Lipinski definition) is 3. The van der Waals surface area contributed by atoms with Gasteiger partial charge in [0.2, 0.25) is 5.91 Å². The molecule has 6 nitrogen and oxygen atoms in total. The molecule has 3 aliphatic heterocycles. The molecule has 0 aromatic heterocycles. The van der Waals surface area contributed by atoms with Gasteiger partial charge in [-0.25, -0.2) is 8.78 Å². The molecule has 160 valence electrons. The predicted octanol–water partition coefficient (Wildman–Crippen LogP) is 2.79. The number of nitrogens with zero attached hydrogens (tertiary/aromatic N) is 2. The average Bonchev–Trinajstić information content (AvgIpc) is 3.49. The van der Waals surface area contributed by atoms with Crippen LogP contribution in [0.3, 0.4) is 0 Å². The third-order valence-electron chi connectivity index (χ3n) is 6.34. The molecular weight excluding hydrogens is 388 g/mol. The summed E-state index contributed by atoms with van der Waals surface area (Å²) in [5.74, 6) is -1.21. The van der Waals surface area contributed by atoms with Gasteiger partial charge >= 0.3 is 0 Å². The summed E-state index contributed by atoms with van der Waals surface area (Å²) >= 11 is 0. The van der Waals surface area contributed by atoms with Gasteiger partial charge in [-0.2, -0.15) is 0 Å². The van der Waals surface area contributed by atoms with Crippen LogP contribution in [0, 0.1) is 22.5 Å². The van der Waals surface area contributed by atoms with Crippen molar-refractivity contribution in [3.05, 3.63) is 47.5 Å². The summed E-state index contributed by atoms with van der Waals surface area (Å²) in [7, 11) is 0. The Labute approximate surface area is 174 Å². The topological polar surface area (TPSA) is 83.3 Å². The van der Waals surface area contributed by atoms with E-state index in [4.69, 9.17) is 10.8 Å². The van der Waals surface area contributed by atoms with E-state index in [9.17, 15) is 13.6 Å². The molecule has 1 aromatic rings. The number of piperidine rings is 1. The van der Waals surface area contributed by atoms with Crippen LogP contribution in [0.2, 0.25) is 0 Å². The van der Waals surface area contributed by atoms with Gasteiger partial charge in [0.1, 0.15) is 5.84 Å². The quantitative estimate of drug-likeness (QED) is 0.473. The molecule has 0 spiro atoms. The highest BCUT2D eigenvalue weighted by atomic mass is 19.2. The molecule has 2 unspecified atom stereocenters. The number of carbonyl (C=O) groups is 1. The standard InChI is InChI=1S/C22H27F2N5O/c1-14(25)2-5-20(26)29-16-11-17(29)13-28(12-16)21(30)6-9-27-22(7-8-22)15-3-4-18(23)19(24)10-15/h2-5,10,16-17,25-27H,6-9,11-13H2,1H3/b5-2-,25-14?,26-20?. The fraction of sp³-hybridized carbons (Fsp3) is 0.500. The van der Waals surface area contributed by atoms with Crippen molar-refractivity contribution in [2.24, 2.45) is 0 Å². The zero-order valence-electron chi connectivity index (χ0n) is 17.0. The Kier molecular flexibility index (Phi) is 5.44. The van der Waals surface area contributed by atoms with Crippen molar-refractivity contribution in [2.75, 3.05) is 19.6 Å². The van der Waals surface area contributed by atoms with Crippen molar-refractivity contribution >= 4 is 17.5 Å². The lowest BCUT2D eigenvalue weighted by atomic mass is 9.87. The summed E-state index contributed by atoms with van der Waals surface area (Å²) in [5.41, 5.74) is 0.798. The molecule has 0 radical (unpaired) electrons. The number of piperazine rings is 1. The van der Waals surface area contributed by atoms with Crippen LogP contribution in [-0.2, 0) is 10.3 Å². The van der Waals surface area contributed by atoms with Crippen LogP contribution in [0.4, 0.5) is 8.78 Å². The van der Waals surface area contributed by atoms with Crippen molar-refractivity contribution in [3.63, 3.8) is 0 Å². The zero-order chi connectivity index (χ0) is 21.5. The number of amidine groups is 1. The van der Waals surface area contributed by atoms with Crippen molar-refractivity contribution in [3.8, 4) is 0 Å². The monoisotopic (exact) mass is 415 g/mol. The second-order valence-corrected chi connectivity index (χ2v) is 8.54. The molecule has 1 amide bonds. The molecule has 4 fully saturated rings. The van der Waals surface area contributed by atoms with E-state index in [0.717, 1.165) is 30.9 Å². The first kappa shape index (κ1) is 20.7. The maximum atomic E-state index is 13.6. The van der Waals surface area contributed by atoms with E-state index in [1.807, 2.05) is 9.80 Å². The number of nitrogens with one attached hydrogen (secondary N) is 3. The van der Waals surface area contributed by atoms with Crippen LogP contribution in [0.5, 0.6) is 0 Å². The van der Waals surface area contributed by atoms with Gasteiger partial charge in [0.05, 0.1) is 12.1 Å². The minimum absolute atomic E-state index is 0.0790. The molecule has 3 saturated heterocycles. The first-order valence-corrected chi connectivity index (χ1v) is 10.4. The second-order valence-electron chi connectivity index (χ2n) is 8.54. The molecule has 8 heteroatoms. The predicted molar refractivity (Wildman–Crippen MR) is 111 cm³/mol. The average molecular weight is 415 g/mol. The Hall–Kier alpha value is -2.61. The number of rotatable bonds is 7. The molecule has 2 bridgehead atoms. The SMILES string of the molecule is CC(=N)/C=C\C(=N)N1C2CC1CN(C(=O)CCNC1(c3ccc(F)c(F)c3)CC1)C2. The largest absolute Gasteiger partial charge is 0.347 e. The first-order chi connectivity index (χ1) is 14.3. The number of benzene rings is 1. The second kappa shape index (κ2) is 7.91. The highest BCUT2D eigenvalue weighted by molar-refractivity contribution is 5.99. The van der Waals surface area contributed by atoms with Crippen molar-refractivity contribution < 1.29 is 13.6 Å². The molecular formula is C22H27F2N5O. The summed E-state index contributed by atoms with van der Waals surface area (Å²) in [6.45, 7) is 3.39. The van der Waals surface area contributed by atoms with E-state index in [1.54, 1.807) is 25.1 Å². The molecule has 1 aliphatic carbocycles.